The number of nitrogens with zero attached hydrogens (tertiary/aromatic N) is 1. The fourth-order valence-corrected chi connectivity index (χ4v) is 8.80. The van der Waals surface area contributed by atoms with Gasteiger partial charge in [0.2, 0.25) is 0 Å². The van der Waals surface area contributed by atoms with Crippen molar-refractivity contribution in [3.8, 4) is 22.3 Å². The first-order chi connectivity index (χ1) is 22.6. The molecule has 5 aromatic rings. The van der Waals surface area contributed by atoms with Crippen LogP contribution in [-0.4, -0.2) is 0 Å². The summed E-state index contributed by atoms with van der Waals surface area (Å²) < 4.78 is 0. The van der Waals surface area contributed by atoms with Crippen molar-refractivity contribution in [3.63, 3.8) is 0 Å². The van der Waals surface area contributed by atoms with Crippen molar-refractivity contribution in [2.24, 2.45) is 0 Å². The van der Waals surface area contributed by atoms with Gasteiger partial charge in [-0.3, -0.25) is 0 Å². The summed E-state index contributed by atoms with van der Waals surface area (Å²) in [5, 5.41) is 0. The highest BCUT2D eigenvalue weighted by Gasteiger charge is 2.36. The SMILES string of the molecule is CC1(C)c2ccc(-c3ccccc3)cc2-c2ccc(N(c3ccc(C4CCCCC4)cc3)c3ccc(C4CCCCC4)cc3)cc21. The van der Waals surface area contributed by atoms with E-state index in [1.807, 2.05) is 0 Å². The summed E-state index contributed by atoms with van der Waals surface area (Å²) in [4.78, 5) is 2.49. The van der Waals surface area contributed by atoms with E-state index >= 15 is 0 Å². The molecule has 2 fully saturated rings. The first-order valence-corrected chi connectivity index (χ1v) is 17.9. The lowest BCUT2D eigenvalue weighted by atomic mass is 9.82. The Morgan fingerprint density at radius 2 is 1.00 bits per heavy atom. The van der Waals surface area contributed by atoms with Crippen LogP contribution in [0.2, 0.25) is 0 Å². The largest absolute Gasteiger partial charge is 0.310 e. The number of anilines is 3. The molecule has 0 atom stereocenters. The summed E-state index contributed by atoms with van der Waals surface area (Å²) in [6.45, 7) is 4.79. The minimum atomic E-state index is -0.0722. The zero-order valence-corrected chi connectivity index (χ0v) is 27.6. The molecule has 0 N–H and O–H groups in total. The summed E-state index contributed by atoms with van der Waals surface area (Å²) in [7, 11) is 0. The van der Waals surface area contributed by atoms with Crippen molar-refractivity contribution in [2.45, 2.75) is 95.3 Å². The fourth-order valence-electron chi connectivity index (χ4n) is 8.80. The van der Waals surface area contributed by atoms with Crippen molar-refractivity contribution in [2.75, 3.05) is 4.90 Å². The second kappa shape index (κ2) is 12.3. The van der Waals surface area contributed by atoms with Gasteiger partial charge in [-0.25, -0.2) is 0 Å². The normalized spacial score (nSPS) is 17.8. The fraction of sp³-hybridized carbons (Fsp3) is 0.333. The van der Waals surface area contributed by atoms with Crippen molar-refractivity contribution in [1.29, 1.82) is 0 Å². The molecule has 0 aromatic heterocycles. The van der Waals surface area contributed by atoms with Crippen LogP contribution < -0.4 is 4.90 Å². The third-order valence-electron chi connectivity index (χ3n) is 11.5. The molecule has 0 spiro atoms. The number of benzene rings is 5. The van der Waals surface area contributed by atoms with Crippen LogP contribution in [0.15, 0.2) is 115 Å². The summed E-state index contributed by atoms with van der Waals surface area (Å²) in [5.41, 5.74) is 14.8. The van der Waals surface area contributed by atoms with Gasteiger partial charge in [0.25, 0.3) is 0 Å². The van der Waals surface area contributed by atoms with Crippen LogP contribution in [-0.2, 0) is 5.41 Å². The number of hydrogen-bond acceptors (Lipinski definition) is 1. The van der Waals surface area contributed by atoms with Crippen molar-refractivity contribution < 1.29 is 0 Å². The molecule has 0 heterocycles. The van der Waals surface area contributed by atoms with E-state index in [1.54, 1.807) is 0 Å². The van der Waals surface area contributed by atoms with Crippen LogP contribution in [0, 0.1) is 0 Å². The molecule has 0 unspecified atom stereocenters. The molecule has 3 aliphatic rings. The zero-order chi connectivity index (χ0) is 31.1. The van der Waals surface area contributed by atoms with Crippen LogP contribution in [0.5, 0.6) is 0 Å². The van der Waals surface area contributed by atoms with E-state index in [0.29, 0.717) is 11.8 Å². The molecule has 0 amide bonds. The Bertz CT molecular complexity index is 1740. The maximum absolute atomic E-state index is 2.49. The van der Waals surface area contributed by atoms with Crippen LogP contribution in [0.25, 0.3) is 22.3 Å². The molecule has 8 rings (SSSR count). The molecule has 46 heavy (non-hydrogen) atoms. The molecule has 0 radical (unpaired) electrons. The lowest BCUT2D eigenvalue weighted by Crippen LogP contribution is -2.16. The van der Waals surface area contributed by atoms with Gasteiger partial charge in [0.15, 0.2) is 0 Å². The third-order valence-corrected chi connectivity index (χ3v) is 11.5. The topological polar surface area (TPSA) is 3.24 Å². The Morgan fingerprint density at radius 3 is 1.57 bits per heavy atom. The molecular weight excluding hydrogens is 555 g/mol. The third kappa shape index (κ3) is 5.38. The van der Waals surface area contributed by atoms with E-state index in [9.17, 15) is 0 Å². The molecule has 0 bridgehead atoms. The van der Waals surface area contributed by atoms with Gasteiger partial charge >= 0.3 is 0 Å². The predicted octanol–water partition coefficient (Wildman–Crippen LogP) is 13.2. The standard InChI is InChI=1S/C45H47N/c1-45(2)43-29-22-37(34-16-10-5-11-17-34)30-42(43)41-28-27-40(31-44(41)45)46(38-23-18-35(19-24-38)32-12-6-3-7-13-32)39-25-20-36(21-26-39)33-14-8-4-9-15-33/h5,10-11,16-33H,3-4,6-9,12-15H2,1-2H3. The van der Waals surface area contributed by atoms with Crippen molar-refractivity contribution in [1.82, 2.24) is 0 Å². The maximum atomic E-state index is 2.49. The number of fused-ring (bicyclic) bond motifs is 3. The van der Waals surface area contributed by atoms with Crippen molar-refractivity contribution in [3.05, 3.63) is 138 Å². The van der Waals surface area contributed by atoms with E-state index in [1.165, 1.54) is 126 Å². The molecule has 5 aromatic carbocycles. The quantitative estimate of drug-likeness (QED) is 0.187. The molecule has 0 saturated heterocycles. The molecule has 1 heteroatoms. The van der Waals surface area contributed by atoms with Gasteiger partial charge in [0.05, 0.1) is 0 Å². The first kappa shape index (κ1) is 29.3. The lowest BCUT2D eigenvalue weighted by molar-refractivity contribution is 0.443. The van der Waals surface area contributed by atoms with Gasteiger partial charge in [-0.2, -0.15) is 0 Å². The van der Waals surface area contributed by atoms with Gasteiger partial charge in [0, 0.05) is 22.5 Å². The molecular formula is C45H47N. The highest BCUT2D eigenvalue weighted by molar-refractivity contribution is 5.87. The Morgan fingerprint density at radius 1 is 0.457 bits per heavy atom. The van der Waals surface area contributed by atoms with Gasteiger partial charge in [-0.1, -0.05) is 125 Å². The summed E-state index contributed by atoms with van der Waals surface area (Å²) in [5.74, 6) is 1.43. The van der Waals surface area contributed by atoms with Gasteiger partial charge < -0.3 is 4.90 Å². The minimum absolute atomic E-state index is 0.0722. The smallest absolute Gasteiger partial charge is 0.0465 e. The van der Waals surface area contributed by atoms with E-state index in [0.717, 1.165) is 0 Å². The van der Waals surface area contributed by atoms with Crippen LogP contribution in [0.1, 0.15) is 112 Å². The average Bonchev–Trinajstić information content (AvgIpc) is 3.35. The highest BCUT2D eigenvalue weighted by atomic mass is 15.1. The second-order valence-electron chi connectivity index (χ2n) is 14.7. The van der Waals surface area contributed by atoms with E-state index < -0.39 is 0 Å². The monoisotopic (exact) mass is 601 g/mol. The zero-order valence-electron chi connectivity index (χ0n) is 27.6. The Hall–Kier alpha value is -4.10. The minimum Gasteiger partial charge on any atom is -0.310 e. The molecule has 232 valence electrons. The van der Waals surface area contributed by atoms with Gasteiger partial charge in [0.1, 0.15) is 0 Å². The molecule has 3 aliphatic carbocycles. The lowest BCUT2D eigenvalue weighted by Gasteiger charge is -2.29. The van der Waals surface area contributed by atoms with Gasteiger partial charge in [-0.15, -0.1) is 0 Å². The van der Waals surface area contributed by atoms with Crippen LogP contribution in [0.3, 0.4) is 0 Å². The second-order valence-corrected chi connectivity index (χ2v) is 14.7. The van der Waals surface area contributed by atoms with Crippen LogP contribution >= 0.6 is 0 Å². The average molecular weight is 602 g/mol. The van der Waals surface area contributed by atoms with Crippen LogP contribution in [0.4, 0.5) is 17.1 Å². The van der Waals surface area contributed by atoms with E-state index in [-0.39, 0.29) is 5.41 Å². The van der Waals surface area contributed by atoms with E-state index in [2.05, 4.69) is 134 Å². The summed E-state index contributed by atoms with van der Waals surface area (Å²) in [6.07, 6.45) is 13.6. The first-order valence-electron chi connectivity index (χ1n) is 17.9. The Kier molecular flexibility index (Phi) is 7.81. The predicted molar refractivity (Wildman–Crippen MR) is 196 cm³/mol. The van der Waals surface area contributed by atoms with E-state index in [4.69, 9.17) is 0 Å². The highest BCUT2D eigenvalue weighted by Crippen LogP contribution is 2.51. The van der Waals surface area contributed by atoms with Gasteiger partial charge in [-0.05, 0) is 124 Å². The molecule has 1 nitrogen and oxygen atoms in total. The summed E-state index contributed by atoms with van der Waals surface area (Å²) >= 11 is 0. The maximum Gasteiger partial charge on any atom is 0.0465 e. The number of hydrogen-bond donors (Lipinski definition) is 0. The number of rotatable bonds is 6. The Balaban J connectivity index is 1.19. The molecule has 2 saturated carbocycles. The Labute approximate surface area is 276 Å². The molecule has 0 aliphatic heterocycles. The van der Waals surface area contributed by atoms with Crippen molar-refractivity contribution >= 4 is 17.1 Å². The summed E-state index contributed by atoms with van der Waals surface area (Å²) in [6, 6.07) is 44.2.